The largest absolute Gasteiger partial charge is 0.314 e. The highest BCUT2D eigenvalue weighted by molar-refractivity contribution is 6.04. The first-order chi connectivity index (χ1) is 9.55. The number of aromatic amines is 1. The van der Waals surface area contributed by atoms with Gasteiger partial charge in [0.1, 0.15) is 12.1 Å². The second kappa shape index (κ2) is 5.25. The molecule has 0 spiro atoms. The van der Waals surface area contributed by atoms with Crippen LogP contribution in [-0.2, 0) is 0 Å². The Labute approximate surface area is 115 Å². The van der Waals surface area contributed by atoms with Crippen molar-refractivity contribution in [2.75, 3.05) is 5.32 Å². The standard InChI is InChI=1S/C14H11N5O/c1-8-3-4-10(9(2)5-8)13(20)19-14-17-11(6-15)12(7-16)18-14/h3-5H,1-2H3,(H2,17,18,19,20). The Hall–Kier alpha value is -3.12. The number of hydrogen-bond acceptors (Lipinski definition) is 4. The second-order valence-electron chi connectivity index (χ2n) is 4.31. The SMILES string of the molecule is Cc1ccc(C(=O)Nc2nc(C#N)c(C#N)[nH]2)c(C)c1. The number of nitrogens with zero attached hydrogens (tertiary/aromatic N) is 3. The van der Waals surface area contributed by atoms with Crippen LogP contribution in [-0.4, -0.2) is 15.9 Å². The molecule has 0 atom stereocenters. The molecule has 6 nitrogen and oxygen atoms in total. The maximum Gasteiger partial charge on any atom is 0.258 e. The second-order valence-corrected chi connectivity index (χ2v) is 4.31. The zero-order valence-electron chi connectivity index (χ0n) is 11.0. The van der Waals surface area contributed by atoms with E-state index in [1.54, 1.807) is 18.2 Å². The number of carbonyl (C=O) groups is 1. The van der Waals surface area contributed by atoms with Crippen LogP contribution in [0.4, 0.5) is 5.95 Å². The number of H-pyrrole nitrogens is 1. The van der Waals surface area contributed by atoms with E-state index in [1.165, 1.54) is 0 Å². The number of benzene rings is 1. The molecule has 0 aliphatic carbocycles. The smallest absolute Gasteiger partial charge is 0.258 e. The normalized spacial score (nSPS) is 9.60. The van der Waals surface area contributed by atoms with Crippen LogP contribution in [0, 0.1) is 36.5 Å². The van der Waals surface area contributed by atoms with Gasteiger partial charge in [0.05, 0.1) is 0 Å². The molecule has 1 aromatic heterocycles. The van der Waals surface area contributed by atoms with Crippen LogP contribution in [0.15, 0.2) is 18.2 Å². The Morgan fingerprint density at radius 3 is 2.60 bits per heavy atom. The van der Waals surface area contributed by atoms with Gasteiger partial charge in [0.2, 0.25) is 5.95 Å². The van der Waals surface area contributed by atoms with E-state index in [9.17, 15) is 4.79 Å². The number of aryl methyl sites for hydroxylation is 2. The summed E-state index contributed by atoms with van der Waals surface area (Å²) >= 11 is 0. The number of anilines is 1. The van der Waals surface area contributed by atoms with Crippen LogP contribution in [0.3, 0.4) is 0 Å². The van der Waals surface area contributed by atoms with E-state index in [2.05, 4.69) is 15.3 Å². The van der Waals surface area contributed by atoms with Gasteiger partial charge in [-0.2, -0.15) is 10.5 Å². The van der Waals surface area contributed by atoms with Gasteiger partial charge in [-0.3, -0.25) is 10.1 Å². The van der Waals surface area contributed by atoms with Crippen LogP contribution in [0.2, 0.25) is 0 Å². The number of hydrogen-bond donors (Lipinski definition) is 2. The van der Waals surface area contributed by atoms with Crippen molar-refractivity contribution in [3.63, 3.8) is 0 Å². The van der Waals surface area contributed by atoms with Gasteiger partial charge in [0, 0.05) is 5.56 Å². The Bertz CT molecular complexity index is 729. The first-order valence-electron chi connectivity index (χ1n) is 5.84. The van der Waals surface area contributed by atoms with E-state index in [4.69, 9.17) is 10.5 Å². The summed E-state index contributed by atoms with van der Waals surface area (Å²) in [7, 11) is 0. The molecule has 0 fully saturated rings. The number of nitrogens with one attached hydrogen (secondary N) is 2. The average Bonchev–Trinajstić information content (AvgIpc) is 2.80. The van der Waals surface area contributed by atoms with Gasteiger partial charge < -0.3 is 4.98 Å². The molecule has 0 radical (unpaired) electrons. The van der Waals surface area contributed by atoms with Gasteiger partial charge in [-0.1, -0.05) is 17.7 Å². The van der Waals surface area contributed by atoms with Gasteiger partial charge in [-0.05, 0) is 25.5 Å². The van der Waals surface area contributed by atoms with Crippen molar-refractivity contribution in [1.82, 2.24) is 9.97 Å². The lowest BCUT2D eigenvalue weighted by atomic mass is 10.1. The lowest BCUT2D eigenvalue weighted by Crippen LogP contribution is -2.14. The molecule has 2 N–H and O–H groups in total. The number of imidazole rings is 1. The summed E-state index contributed by atoms with van der Waals surface area (Å²) in [5.74, 6) is -0.256. The number of nitriles is 2. The Morgan fingerprint density at radius 1 is 1.30 bits per heavy atom. The molecule has 0 saturated carbocycles. The molecule has 0 aliphatic heterocycles. The number of amides is 1. The molecule has 1 heterocycles. The predicted octanol–water partition coefficient (Wildman–Crippen LogP) is 2.02. The van der Waals surface area contributed by atoms with E-state index in [0.29, 0.717) is 5.56 Å². The quantitative estimate of drug-likeness (QED) is 0.866. The molecule has 98 valence electrons. The highest BCUT2D eigenvalue weighted by Gasteiger charge is 2.14. The topological polar surface area (TPSA) is 105 Å². The average molecular weight is 265 g/mol. The molecule has 0 bridgehead atoms. The van der Waals surface area contributed by atoms with Crippen LogP contribution in [0.1, 0.15) is 32.9 Å². The molecular formula is C14H11N5O. The third-order valence-corrected chi connectivity index (χ3v) is 2.78. The zero-order valence-corrected chi connectivity index (χ0v) is 11.0. The number of rotatable bonds is 2. The van der Waals surface area contributed by atoms with Gasteiger partial charge >= 0.3 is 0 Å². The Kier molecular flexibility index (Phi) is 3.49. The monoisotopic (exact) mass is 265 g/mol. The van der Waals surface area contributed by atoms with Crippen molar-refractivity contribution in [1.29, 1.82) is 10.5 Å². The zero-order chi connectivity index (χ0) is 14.7. The minimum atomic E-state index is -0.342. The molecule has 0 saturated heterocycles. The van der Waals surface area contributed by atoms with E-state index in [0.717, 1.165) is 11.1 Å². The van der Waals surface area contributed by atoms with E-state index < -0.39 is 0 Å². The molecular weight excluding hydrogens is 254 g/mol. The molecule has 2 rings (SSSR count). The van der Waals surface area contributed by atoms with Crippen LogP contribution in [0.25, 0.3) is 0 Å². The van der Waals surface area contributed by atoms with Gasteiger partial charge in [-0.15, -0.1) is 0 Å². The Balaban J connectivity index is 2.26. The molecule has 2 aromatic rings. The van der Waals surface area contributed by atoms with Gasteiger partial charge in [0.25, 0.3) is 5.91 Å². The summed E-state index contributed by atoms with van der Waals surface area (Å²) in [6, 6.07) is 9.05. The summed E-state index contributed by atoms with van der Waals surface area (Å²) in [6.45, 7) is 3.78. The van der Waals surface area contributed by atoms with Crippen molar-refractivity contribution in [3.05, 3.63) is 46.3 Å². The fraction of sp³-hybridized carbons (Fsp3) is 0.143. The highest BCUT2D eigenvalue weighted by atomic mass is 16.1. The molecule has 0 aliphatic rings. The third kappa shape index (κ3) is 2.50. The van der Waals surface area contributed by atoms with Crippen LogP contribution >= 0.6 is 0 Å². The van der Waals surface area contributed by atoms with Crippen LogP contribution in [0.5, 0.6) is 0 Å². The summed E-state index contributed by atoms with van der Waals surface area (Å²) < 4.78 is 0. The molecule has 6 heteroatoms. The van der Waals surface area contributed by atoms with Crippen molar-refractivity contribution in [3.8, 4) is 12.1 Å². The fourth-order valence-corrected chi connectivity index (χ4v) is 1.84. The maximum absolute atomic E-state index is 12.1. The van der Waals surface area contributed by atoms with Crippen molar-refractivity contribution < 1.29 is 4.79 Å². The minimum absolute atomic E-state index is 0.0310. The summed E-state index contributed by atoms with van der Waals surface area (Å²) in [5.41, 5.74) is 2.42. The lowest BCUT2D eigenvalue weighted by molar-refractivity contribution is 0.102. The minimum Gasteiger partial charge on any atom is -0.314 e. The third-order valence-electron chi connectivity index (χ3n) is 2.78. The first-order valence-corrected chi connectivity index (χ1v) is 5.84. The van der Waals surface area contributed by atoms with E-state index in [1.807, 2.05) is 26.0 Å². The number of aromatic nitrogens is 2. The van der Waals surface area contributed by atoms with Crippen molar-refractivity contribution in [2.24, 2.45) is 0 Å². The summed E-state index contributed by atoms with van der Waals surface area (Å²) in [4.78, 5) is 18.5. The van der Waals surface area contributed by atoms with Gasteiger partial charge in [-0.25, -0.2) is 4.98 Å². The first kappa shape index (κ1) is 13.3. The predicted molar refractivity (Wildman–Crippen MR) is 71.9 cm³/mol. The molecule has 20 heavy (non-hydrogen) atoms. The van der Waals surface area contributed by atoms with Crippen molar-refractivity contribution in [2.45, 2.75) is 13.8 Å². The number of carbonyl (C=O) groups excluding carboxylic acids is 1. The van der Waals surface area contributed by atoms with E-state index >= 15 is 0 Å². The van der Waals surface area contributed by atoms with E-state index in [-0.39, 0.29) is 23.2 Å². The highest BCUT2D eigenvalue weighted by Crippen LogP contribution is 2.13. The summed E-state index contributed by atoms with van der Waals surface area (Å²) in [5, 5.41) is 20.1. The van der Waals surface area contributed by atoms with Gasteiger partial charge in [0.15, 0.2) is 11.4 Å². The summed E-state index contributed by atoms with van der Waals surface area (Å²) in [6.07, 6.45) is 0. The fourth-order valence-electron chi connectivity index (χ4n) is 1.84. The Morgan fingerprint density at radius 2 is 2.05 bits per heavy atom. The van der Waals surface area contributed by atoms with Crippen LogP contribution < -0.4 is 5.32 Å². The maximum atomic E-state index is 12.1. The molecule has 1 aromatic carbocycles. The molecule has 1 amide bonds. The lowest BCUT2D eigenvalue weighted by Gasteiger charge is -2.06. The molecule has 0 unspecified atom stereocenters. The van der Waals surface area contributed by atoms with Crippen molar-refractivity contribution >= 4 is 11.9 Å².